The summed E-state index contributed by atoms with van der Waals surface area (Å²) < 4.78 is 7.25. The smallest absolute Gasteiger partial charge is 0.355 e. The molecule has 0 aliphatic rings. The summed E-state index contributed by atoms with van der Waals surface area (Å²) in [6, 6.07) is 14.0. The Bertz CT molecular complexity index is 1160. The van der Waals surface area contributed by atoms with Gasteiger partial charge in [-0.25, -0.2) is 19.0 Å². The lowest BCUT2D eigenvalue weighted by Crippen LogP contribution is -2.43. The molecule has 0 bridgehead atoms. The third kappa shape index (κ3) is 4.48. The zero-order chi connectivity index (χ0) is 21.8. The van der Waals surface area contributed by atoms with Crippen molar-refractivity contribution in [1.29, 1.82) is 0 Å². The Kier molecular flexibility index (Phi) is 6.15. The van der Waals surface area contributed by atoms with E-state index in [0.717, 1.165) is 15.7 Å². The monoisotopic (exact) mass is 408 g/mol. The van der Waals surface area contributed by atoms with Gasteiger partial charge in [0.25, 0.3) is 0 Å². The number of aromatic nitrogens is 3. The quantitative estimate of drug-likeness (QED) is 0.630. The minimum absolute atomic E-state index is 0.133. The summed E-state index contributed by atoms with van der Waals surface area (Å²) in [6.07, 6.45) is 0. The number of nitrogens with one attached hydrogen (secondary N) is 1. The van der Waals surface area contributed by atoms with Crippen LogP contribution in [0.15, 0.2) is 58.1 Å². The van der Waals surface area contributed by atoms with Gasteiger partial charge in [0.05, 0.1) is 19.2 Å². The summed E-state index contributed by atoms with van der Waals surface area (Å²) in [5.74, 6) is -0.316. The van der Waals surface area contributed by atoms with E-state index in [1.807, 2.05) is 31.2 Å². The number of ether oxygens (including phenoxy) is 1. The Morgan fingerprint density at radius 3 is 2.27 bits per heavy atom. The molecule has 0 radical (unpaired) electrons. The third-order valence-corrected chi connectivity index (χ3v) is 4.64. The highest BCUT2D eigenvalue weighted by Gasteiger charge is 2.16. The molecule has 30 heavy (non-hydrogen) atoms. The molecule has 2 aromatic carbocycles. The van der Waals surface area contributed by atoms with Crippen molar-refractivity contribution in [1.82, 2.24) is 14.1 Å². The average molecular weight is 408 g/mol. The van der Waals surface area contributed by atoms with Gasteiger partial charge in [0.2, 0.25) is 5.95 Å². The summed E-state index contributed by atoms with van der Waals surface area (Å²) >= 11 is 0. The number of hydrogen-bond donors (Lipinski definition) is 1. The number of carbonyl (C=O) groups is 1. The fraction of sp³-hybridized carbons (Fsp3) is 0.273. The molecule has 1 heterocycles. The van der Waals surface area contributed by atoms with Crippen LogP contribution in [0.3, 0.4) is 0 Å². The second-order valence-electron chi connectivity index (χ2n) is 7.23. The number of carbonyl (C=O) groups excluding carboxylic acids is 1. The van der Waals surface area contributed by atoms with Crippen LogP contribution >= 0.6 is 0 Å². The summed E-state index contributed by atoms with van der Waals surface area (Å²) in [6.45, 7) is 5.77. The molecule has 3 rings (SSSR count). The minimum Gasteiger partial charge on any atom is -0.465 e. The number of esters is 1. The first-order valence-electron chi connectivity index (χ1n) is 9.54. The Hall–Kier alpha value is -3.68. The topological polar surface area (TPSA) is 95.2 Å². The lowest BCUT2D eigenvalue weighted by Gasteiger charge is -2.17. The van der Waals surface area contributed by atoms with Crippen molar-refractivity contribution in [2.45, 2.75) is 33.4 Å². The summed E-state index contributed by atoms with van der Waals surface area (Å²) in [4.78, 5) is 41.3. The number of anilines is 2. The fourth-order valence-electron chi connectivity index (χ4n) is 3.00. The SMILES string of the molecule is COC(=O)c1ccc(Nc2nc(=O)n(C(C)C)c(=O)n2Cc2ccc(C)cc2)cc1. The molecular formula is C22H24N4O4. The standard InChI is InChI=1S/C22H24N4O4/c1-14(2)26-21(28)24-20(23-18-11-9-17(10-12-18)19(27)30-4)25(22(26)29)13-16-7-5-15(3)6-8-16/h5-12,14H,13H2,1-4H3,(H,23,24,28). The molecule has 0 fully saturated rings. The van der Waals surface area contributed by atoms with Gasteiger partial charge in [-0.3, -0.25) is 4.57 Å². The number of hydrogen-bond acceptors (Lipinski definition) is 6. The first-order chi connectivity index (χ1) is 14.3. The van der Waals surface area contributed by atoms with Crippen LogP contribution in [0.25, 0.3) is 0 Å². The van der Waals surface area contributed by atoms with Crippen LogP contribution < -0.4 is 16.7 Å². The molecule has 1 N–H and O–H groups in total. The van der Waals surface area contributed by atoms with Gasteiger partial charge in [-0.2, -0.15) is 4.98 Å². The first kappa shape index (κ1) is 21.0. The van der Waals surface area contributed by atoms with Crippen molar-refractivity contribution >= 4 is 17.6 Å². The molecule has 0 aliphatic carbocycles. The third-order valence-electron chi connectivity index (χ3n) is 4.64. The van der Waals surface area contributed by atoms with Gasteiger partial charge in [0.15, 0.2) is 0 Å². The van der Waals surface area contributed by atoms with Crippen molar-refractivity contribution < 1.29 is 9.53 Å². The molecule has 0 amide bonds. The van der Waals surface area contributed by atoms with Crippen LogP contribution in [0.4, 0.5) is 11.6 Å². The maximum atomic E-state index is 13.1. The predicted octanol–water partition coefficient (Wildman–Crippen LogP) is 2.87. The van der Waals surface area contributed by atoms with E-state index in [1.54, 1.807) is 38.1 Å². The Morgan fingerprint density at radius 2 is 1.70 bits per heavy atom. The minimum atomic E-state index is -0.621. The highest BCUT2D eigenvalue weighted by Crippen LogP contribution is 2.16. The number of benzene rings is 2. The summed E-state index contributed by atoms with van der Waals surface area (Å²) in [5, 5.41) is 3.02. The summed E-state index contributed by atoms with van der Waals surface area (Å²) in [5.41, 5.74) is 1.92. The van der Waals surface area contributed by atoms with Gasteiger partial charge in [0.1, 0.15) is 0 Å². The Labute approximate surface area is 173 Å². The highest BCUT2D eigenvalue weighted by atomic mass is 16.5. The zero-order valence-corrected chi connectivity index (χ0v) is 17.4. The summed E-state index contributed by atoms with van der Waals surface area (Å²) in [7, 11) is 1.31. The number of nitrogens with zero attached hydrogens (tertiary/aromatic N) is 3. The van der Waals surface area contributed by atoms with Gasteiger partial charge >= 0.3 is 17.3 Å². The van der Waals surface area contributed by atoms with Crippen LogP contribution in [0, 0.1) is 6.92 Å². The van der Waals surface area contributed by atoms with E-state index in [2.05, 4.69) is 10.3 Å². The van der Waals surface area contributed by atoms with Crippen LogP contribution in [0.5, 0.6) is 0 Å². The first-order valence-corrected chi connectivity index (χ1v) is 9.54. The molecule has 8 heteroatoms. The van der Waals surface area contributed by atoms with Crippen molar-refractivity contribution in [3.05, 3.63) is 86.2 Å². The van der Waals surface area contributed by atoms with Crippen molar-refractivity contribution in [3.63, 3.8) is 0 Å². The maximum Gasteiger partial charge on any atom is 0.355 e. The molecule has 0 atom stereocenters. The lowest BCUT2D eigenvalue weighted by atomic mass is 10.1. The van der Waals surface area contributed by atoms with Crippen LogP contribution in [0.2, 0.25) is 0 Å². The molecule has 156 valence electrons. The maximum absolute atomic E-state index is 13.1. The van der Waals surface area contributed by atoms with E-state index in [4.69, 9.17) is 4.74 Å². The molecule has 0 spiro atoms. The fourth-order valence-corrected chi connectivity index (χ4v) is 3.00. The van der Waals surface area contributed by atoms with E-state index in [9.17, 15) is 14.4 Å². The van der Waals surface area contributed by atoms with E-state index in [1.165, 1.54) is 11.7 Å². The van der Waals surface area contributed by atoms with Crippen LogP contribution in [0.1, 0.15) is 41.4 Å². The van der Waals surface area contributed by atoms with Gasteiger partial charge < -0.3 is 10.1 Å². The molecule has 0 saturated heterocycles. The molecule has 0 aliphatic heterocycles. The van der Waals surface area contributed by atoms with E-state index in [0.29, 0.717) is 11.3 Å². The molecule has 0 saturated carbocycles. The van der Waals surface area contributed by atoms with Crippen molar-refractivity contribution in [2.24, 2.45) is 0 Å². The van der Waals surface area contributed by atoms with E-state index >= 15 is 0 Å². The largest absolute Gasteiger partial charge is 0.465 e. The second kappa shape index (κ2) is 8.77. The van der Waals surface area contributed by atoms with E-state index in [-0.39, 0.29) is 18.5 Å². The average Bonchev–Trinajstić information content (AvgIpc) is 2.72. The van der Waals surface area contributed by atoms with Crippen molar-refractivity contribution in [2.75, 3.05) is 12.4 Å². The Balaban J connectivity index is 2.04. The Morgan fingerprint density at radius 1 is 1.07 bits per heavy atom. The molecule has 1 aromatic heterocycles. The second-order valence-corrected chi connectivity index (χ2v) is 7.23. The van der Waals surface area contributed by atoms with Crippen molar-refractivity contribution in [3.8, 4) is 0 Å². The molecule has 8 nitrogen and oxygen atoms in total. The zero-order valence-electron chi connectivity index (χ0n) is 17.4. The number of rotatable bonds is 6. The van der Waals surface area contributed by atoms with Gasteiger partial charge in [0, 0.05) is 11.7 Å². The molecule has 0 unspecified atom stereocenters. The molecule has 3 aromatic rings. The molecular weight excluding hydrogens is 384 g/mol. The van der Waals surface area contributed by atoms with Gasteiger partial charge in [-0.15, -0.1) is 0 Å². The van der Waals surface area contributed by atoms with Gasteiger partial charge in [-0.05, 0) is 50.6 Å². The van der Waals surface area contributed by atoms with E-state index < -0.39 is 17.3 Å². The normalized spacial score (nSPS) is 10.8. The van der Waals surface area contributed by atoms with Crippen LogP contribution in [-0.2, 0) is 11.3 Å². The predicted molar refractivity (Wildman–Crippen MR) is 114 cm³/mol. The van der Waals surface area contributed by atoms with Gasteiger partial charge in [-0.1, -0.05) is 29.8 Å². The van der Waals surface area contributed by atoms with Crippen LogP contribution in [-0.4, -0.2) is 27.2 Å². The lowest BCUT2D eigenvalue weighted by molar-refractivity contribution is 0.0601. The number of aryl methyl sites for hydroxylation is 1. The number of methoxy groups -OCH3 is 1. The highest BCUT2D eigenvalue weighted by molar-refractivity contribution is 5.89.